The smallest absolute Gasteiger partial charge is 0.287 e. The molecule has 1 aromatic carbocycles. The number of para-hydroxylation sites is 1. The highest BCUT2D eigenvalue weighted by Crippen LogP contribution is 2.24. The Morgan fingerprint density at radius 3 is 2.65 bits per heavy atom. The summed E-state index contributed by atoms with van der Waals surface area (Å²) in [4.78, 5) is 23.4. The molecule has 0 unspecified atom stereocenters. The Morgan fingerprint density at radius 1 is 1.22 bits per heavy atom. The van der Waals surface area contributed by atoms with E-state index in [1.54, 1.807) is 11.5 Å². The van der Waals surface area contributed by atoms with Crippen LogP contribution in [0.5, 0.6) is 0 Å². The molecular weight excluding hydrogens is 296 g/mol. The van der Waals surface area contributed by atoms with Gasteiger partial charge >= 0.3 is 0 Å². The van der Waals surface area contributed by atoms with Crippen LogP contribution in [-0.4, -0.2) is 23.1 Å². The van der Waals surface area contributed by atoms with Gasteiger partial charge in [0.2, 0.25) is 0 Å². The Labute approximate surface area is 133 Å². The van der Waals surface area contributed by atoms with Gasteiger partial charge < -0.3 is 9.73 Å². The van der Waals surface area contributed by atoms with Crippen molar-refractivity contribution in [2.75, 3.05) is 0 Å². The van der Waals surface area contributed by atoms with Crippen LogP contribution < -0.4 is 10.8 Å². The summed E-state index contributed by atoms with van der Waals surface area (Å²) in [6.45, 7) is 0. The van der Waals surface area contributed by atoms with Crippen LogP contribution in [0.1, 0.15) is 36.2 Å². The van der Waals surface area contributed by atoms with Gasteiger partial charge in [0.15, 0.2) is 5.76 Å². The average molecular weight is 314 g/mol. The highest BCUT2D eigenvalue weighted by Gasteiger charge is 2.21. The molecular formula is C17H18N2O4. The van der Waals surface area contributed by atoms with Crippen LogP contribution >= 0.6 is 0 Å². The van der Waals surface area contributed by atoms with E-state index < -0.39 is 5.91 Å². The molecule has 23 heavy (non-hydrogen) atoms. The fourth-order valence-corrected chi connectivity index (χ4v) is 2.85. The standard InChI is InChI=1S/C17H18N2O4/c20-16(19-22)9-11-5-7-13(8-6-11)18-17(21)15-10-12-3-1-2-4-14(12)23-15/h1-4,9-10,13,22H,5-8H2,(H,18,21)(H,19,20). The summed E-state index contributed by atoms with van der Waals surface area (Å²) < 4.78 is 5.56. The Kier molecular flexibility index (Phi) is 4.43. The maximum absolute atomic E-state index is 12.3. The van der Waals surface area contributed by atoms with Gasteiger partial charge in [-0.25, -0.2) is 5.48 Å². The van der Waals surface area contributed by atoms with Crippen molar-refractivity contribution in [3.05, 3.63) is 47.7 Å². The number of benzene rings is 1. The minimum atomic E-state index is -0.509. The second kappa shape index (κ2) is 6.66. The lowest BCUT2D eigenvalue weighted by molar-refractivity contribution is -0.124. The number of hydroxylamine groups is 1. The zero-order valence-electron chi connectivity index (χ0n) is 12.5. The summed E-state index contributed by atoms with van der Waals surface area (Å²) in [6.07, 6.45) is 4.38. The zero-order chi connectivity index (χ0) is 16.2. The summed E-state index contributed by atoms with van der Waals surface area (Å²) >= 11 is 0. The van der Waals surface area contributed by atoms with E-state index in [0.29, 0.717) is 11.3 Å². The molecule has 3 rings (SSSR count). The molecule has 1 fully saturated rings. The number of rotatable bonds is 3. The first-order valence-electron chi connectivity index (χ1n) is 7.58. The van der Waals surface area contributed by atoms with E-state index in [0.717, 1.165) is 36.6 Å². The van der Waals surface area contributed by atoms with E-state index in [-0.39, 0.29) is 11.9 Å². The Balaban J connectivity index is 1.59. The number of nitrogens with one attached hydrogen (secondary N) is 2. The molecule has 1 aliphatic rings. The van der Waals surface area contributed by atoms with E-state index in [4.69, 9.17) is 9.62 Å². The fraction of sp³-hybridized carbons (Fsp3) is 0.294. The molecule has 2 aromatic rings. The third-order valence-corrected chi connectivity index (χ3v) is 4.06. The minimum Gasteiger partial charge on any atom is -0.451 e. The molecule has 0 atom stereocenters. The van der Waals surface area contributed by atoms with Crippen molar-refractivity contribution in [2.45, 2.75) is 31.7 Å². The van der Waals surface area contributed by atoms with Gasteiger partial charge in [0.1, 0.15) is 5.58 Å². The van der Waals surface area contributed by atoms with Gasteiger partial charge in [-0.05, 0) is 37.8 Å². The quantitative estimate of drug-likeness (QED) is 0.461. The molecule has 1 aliphatic carbocycles. The van der Waals surface area contributed by atoms with Crippen molar-refractivity contribution >= 4 is 22.8 Å². The maximum atomic E-state index is 12.3. The van der Waals surface area contributed by atoms with Crippen molar-refractivity contribution in [3.63, 3.8) is 0 Å². The van der Waals surface area contributed by atoms with Crippen molar-refractivity contribution in [2.24, 2.45) is 0 Å². The maximum Gasteiger partial charge on any atom is 0.287 e. The van der Waals surface area contributed by atoms with Crippen LogP contribution in [0, 0.1) is 0 Å². The Bertz CT molecular complexity index is 720. The molecule has 2 amide bonds. The zero-order valence-corrected chi connectivity index (χ0v) is 12.5. The number of hydrogen-bond acceptors (Lipinski definition) is 4. The Hall–Kier alpha value is -2.60. The average Bonchev–Trinajstić information content (AvgIpc) is 3.00. The number of allylic oxidation sites excluding steroid dienone is 1. The van der Waals surface area contributed by atoms with Crippen molar-refractivity contribution in [3.8, 4) is 0 Å². The predicted molar refractivity (Wildman–Crippen MR) is 83.9 cm³/mol. The monoisotopic (exact) mass is 314 g/mol. The molecule has 1 saturated carbocycles. The van der Waals surface area contributed by atoms with E-state index in [1.165, 1.54) is 6.08 Å². The first kappa shape index (κ1) is 15.3. The fourth-order valence-electron chi connectivity index (χ4n) is 2.85. The number of hydrogen-bond donors (Lipinski definition) is 3. The largest absolute Gasteiger partial charge is 0.451 e. The van der Waals surface area contributed by atoms with Crippen molar-refractivity contribution in [1.82, 2.24) is 10.8 Å². The summed E-state index contributed by atoms with van der Waals surface area (Å²) in [5.41, 5.74) is 3.27. The van der Waals surface area contributed by atoms with Crippen molar-refractivity contribution in [1.29, 1.82) is 0 Å². The van der Waals surface area contributed by atoms with E-state index in [9.17, 15) is 9.59 Å². The number of carbonyl (C=O) groups is 2. The van der Waals surface area contributed by atoms with Crippen molar-refractivity contribution < 1.29 is 19.2 Å². The van der Waals surface area contributed by atoms with Crippen LogP contribution in [0.2, 0.25) is 0 Å². The second-order valence-corrected chi connectivity index (χ2v) is 5.67. The third-order valence-electron chi connectivity index (χ3n) is 4.06. The summed E-state index contributed by atoms with van der Waals surface area (Å²) in [7, 11) is 0. The van der Waals surface area contributed by atoms with Gasteiger partial charge in [0.05, 0.1) is 0 Å². The lowest BCUT2D eigenvalue weighted by atomic mass is 9.90. The number of amides is 2. The van der Waals surface area contributed by atoms with Crippen LogP contribution in [0.3, 0.4) is 0 Å². The van der Waals surface area contributed by atoms with Gasteiger partial charge in [0.25, 0.3) is 11.8 Å². The molecule has 1 heterocycles. The summed E-state index contributed by atoms with van der Waals surface area (Å²) in [5.74, 6) is -0.413. The lowest BCUT2D eigenvalue weighted by Gasteiger charge is -2.24. The molecule has 0 aliphatic heterocycles. The van der Waals surface area contributed by atoms with Gasteiger partial charge in [0, 0.05) is 17.5 Å². The molecule has 3 N–H and O–H groups in total. The lowest BCUT2D eigenvalue weighted by Crippen LogP contribution is -2.36. The Morgan fingerprint density at radius 2 is 1.96 bits per heavy atom. The van der Waals surface area contributed by atoms with Gasteiger partial charge in [-0.15, -0.1) is 0 Å². The summed E-state index contributed by atoms with van der Waals surface area (Å²) in [5, 5.41) is 12.4. The molecule has 1 aromatic heterocycles. The highest BCUT2D eigenvalue weighted by atomic mass is 16.5. The van der Waals surface area contributed by atoms with E-state index in [1.807, 2.05) is 24.3 Å². The topological polar surface area (TPSA) is 91.6 Å². The number of furan rings is 1. The molecule has 120 valence electrons. The summed E-state index contributed by atoms with van der Waals surface area (Å²) in [6, 6.07) is 9.30. The van der Waals surface area contributed by atoms with Crippen LogP contribution in [0.4, 0.5) is 0 Å². The highest BCUT2D eigenvalue weighted by molar-refractivity contribution is 5.96. The molecule has 6 heteroatoms. The predicted octanol–water partition coefficient (Wildman–Crippen LogP) is 2.54. The van der Waals surface area contributed by atoms with Crippen LogP contribution in [0.15, 0.2) is 46.4 Å². The molecule has 0 bridgehead atoms. The first-order chi connectivity index (χ1) is 11.2. The number of fused-ring (bicyclic) bond motifs is 1. The van der Waals surface area contributed by atoms with Gasteiger partial charge in [-0.1, -0.05) is 23.8 Å². The van der Waals surface area contributed by atoms with E-state index in [2.05, 4.69) is 5.32 Å². The molecule has 0 spiro atoms. The minimum absolute atomic E-state index is 0.0602. The third kappa shape index (κ3) is 3.60. The molecule has 0 radical (unpaired) electrons. The first-order valence-corrected chi connectivity index (χ1v) is 7.58. The second-order valence-electron chi connectivity index (χ2n) is 5.67. The normalized spacial score (nSPS) is 17.8. The van der Waals surface area contributed by atoms with Gasteiger partial charge in [-0.3, -0.25) is 14.8 Å². The van der Waals surface area contributed by atoms with Gasteiger partial charge in [-0.2, -0.15) is 0 Å². The number of carbonyl (C=O) groups excluding carboxylic acids is 2. The van der Waals surface area contributed by atoms with Crippen LogP contribution in [0.25, 0.3) is 11.0 Å². The van der Waals surface area contributed by atoms with Crippen LogP contribution in [-0.2, 0) is 4.79 Å². The van der Waals surface area contributed by atoms with E-state index >= 15 is 0 Å². The molecule has 6 nitrogen and oxygen atoms in total. The SMILES string of the molecule is O=C(C=C1CCC(NC(=O)c2cc3ccccc3o2)CC1)NO. The molecule has 0 saturated heterocycles.